The molecular weight excluding hydrogens is 298 g/mol. The number of phenolic OH excluding ortho intramolecular Hbond substituents is 1. The SMILES string of the molecule is CCOc1ccc(C(C)(C)C)cc1C(CN)Cc1cccc(O)c1. The van der Waals surface area contributed by atoms with Crippen LogP contribution in [-0.4, -0.2) is 18.3 Å². The van der Waals surface area contributed by atoms with Gasteiger partial charge in [0.05, 0.1) is 6.61 Å². The third kappa shape index (κ3) is 4.51. The van der Waals surface area contributed by atoms with Crippen LogP contribution in [0.5, 0.6) is 11.5 Å². The first-order chi connectivity index (χ1) is 11.3. The number of benzene rings is 2. The molecule has 1 unspecified atom stereocenters. The summed E-state index contributed by atoms with van der Waals surface area (Å²) in [5, 5.41) is 9.70. The highest BCUT2D eigenvalue weighted by atomic mass is 16.5. The second-order valence-electron chi connectivity index (χ2n) is 7.24. The van der Waals surface area contributed by atoms with Gasteiger partial charge >= 0.3 is 0 Å². The first-order valence-electron chi connectivity index (χ1n) is 8.60. The fourth-order valence-corrected chi connectivity index (χ4v) is 2.91. The normalized spacial score (nSPS) is 12.9. The molecule has 3 nitrogen and oxygen atoms in total. The van der Waals surface area contributed by atoms with Gasteiger partial charge in [-0.1, -0.05) is 45.0 Å². The molecule has 0 aliphatic carbocycles. The number of rotatable bonds is 6. The Morgan fingerprint density at radius 2 is 1.88 bits per heavy atom. The van der Waals surface area contributed by atoms with Gasteiger partial charge in [0.1, 0.15) is 11.5 Å². The minimum atomic E-state index is 0.0731. The van der Waals surface area contributed by atoms with Gasteiger partial charge in [-0.25, -0.2) is 0 Å². The quantitative estimate of drug-likeness (QED) is 0.828. The van der Waals surface area contributed by atoms with Crippen molar-refractivity contribution in [1.82, 2.24) is 0 Å². The summed E-state index contributed by atoms with van der Waals surface area (Å²) < 4.78 is 5.84. The molecule has 0 saturated heterocycles. The predicted octanol–water partition coefficient (Wildman–Crippen LogP) is 4.37. The van der Waals surface area contributed by atoms with E-state index in [0.717, 1.165) is 23.3 Å². The van der Waals surface area contributed by atoms with E-state index >= 15 is 0 Å². The van der Waals surface area contributed by atoms with E-state index in [0.29, 0.717) is 13.2 Å². The lowest BCUT2D eigenvalue weighted by atomic mass is 9.83. The third-order valence-corrected chi connectivity index (χ3v) is 4.29. The zero-order chi connectivity index (χ0) is 17.7. The molecule has 0 aromatic heterocycles. The fourth-order valence-electron chi connectivity index (χ4n) is 2.91. The summed E-state index contributed by atoms with van der Waals surface area (Å²) in [6.45, 7) is 9.78. The summed E-state index contributed by atoms with van der Waals surface area (Å²) in [5.74, 6) is 1.34. The summed E-state index contributed by atoms with van der Waals surface area (Å²) >= 11 is 0. The first-order valence-corrected chi connectivity index (χ1v) is 8.60. The van der Waals surface area contributed by atoms with Crippen molar-refractivity contribution in [3.05, 3.63) is 59.2 Å². The summed E-state index contributed by atoms with van der Waals surface area (Å²) in [4.78, 5) is 0. The molecule has 0 radical (unpaired) electrons. The van der Waals surface area contributed by atoms with E-state index in [-0.39, 0.29) is 17.1 Å². The number of ether oxygens (including phenoxy) is 1. The van der Waals surface area contributed by atoms with Crippen LogP contribution in [0, 0.1) is 0 Å². The molecular formula is C21H29NO2. The molecule has 130 valence electrons. The van der Waals surface area contributed by atoms with Crippen molar-refractivity contribution in [1.29, 1.82) is 0 Å². The van der Waals surface area contributed by atoms with Crippen LogP contribution in [0.1, 0.15) is 50.3 Å². The summed E-state index contributed by atoms with van der Waals surface area (Å²) in [5.41, 5.74) is 9.67. The average molecular weight is 327 g/mol. The van der Waals surface area contributed by atoms with Gasteiger partial charge in [-0.15, -0.1) is 0 Å². The second-order valence-corrected chi connectivity index (χ2v) is 7.24. The monoisotopic (exact) mass is 327 g/mol. The number of nitrogens with two attached hydrogens (primary N) is 1. The van der Waals surface area contributed by atoms with Crippen molar-refractivity contribution in [2.24, 2.45) is 5.73 Å². The van der Waals surface area contributed by atoms with Crippen molar-refractivity contribution in [3.8, 4) is 11.5 Å². The van der Waals surface area contributed by atoms with Crippen LogP contribution in [0.4, 0.5) is 0 Å². The van der Waals surface area contributed by atoms with Crippen molar-refractivity contribution in [2.45, 2.75) is 45.4 Å². The Morgan fingerprint density at radius 1 is 1.12 bits per heavy atom. The molecule has 0 spiro atoms. The van der Waals surface area contributed by atoms with E-state index in [4.69, 9.17) is 10.5 Å². The van der Waals surface area contributed by atoms with Crippen molar-refractivity contribution in [3.63, 3.8) is 0 Å². The maximum Gasteiger partial charge on any atom is 0.122 e. The molecule has 0 fully saturated rings. The van der Waals surface area contributed by atoms with Crippen LogP contribution >= 0.6 is 0 Å². The molecule has 24 heavy (non-hydrogen) atoms. The lowest BCUT2D eigenvalue weighted by Gasteiger charge is -2.25. The summed E-state index contributed by atoms with van der Waals surface area (Å²) in [6.07, 6.45) is 0.776. The number of phenols is 1. The molecule has 0 aliphatic rings. The largest absolute Gasteiger partial charge is 0.508 e. The summed E-state index contributed by atoms with van der Waals surface area (Å²) in [7, 11) is 0. The second kappa shape index (κ2) is 7.71. The van der Waals surface area contributed by atoms with E-state index in [1.165, 1.54) is 5.56 Å². The summed E-state index contributed by atoms with van der Waals surface area (Å²) in [6, 6.07) is 13.8. The molecule has 3 N–H and O–H groups in total. The molecule has 0 aliphatic heterocycles. The van der Waals surface area contributed by atoms with Crippen LogP contribution in [0.3, 0.4) is 0 Å². The topological polar surface area (TPSA) is 55.5 Å². The predicted molar refractivity (Wildman–Crippen MR) is 99.9 cm³/mol. The van der Waals surface area contributed by atoms with Crippen molar-refractivity contribution < 1.29 is 9.84 Å². The van der Waals surface area contributed by atoms with Crippen LogP contribution in [-0.2, 0) is 11.8 Å². The smallest absolute Gasteiger partial charge is 0.122 e. The zero-order valence-corrected chi connectivity index (χ0v) is 15.2. The van der Waals surface area contributed by atoms with E-state index in [2.05, 4.69) is 39.0 Å². The average Bonchev–Trinajstić information content (AvgIpc) is 2.52. The number of hydrogen-bond acceptors (Lipinski definition) is 3. The fraction of sp³-hybridized carbons (Fsp3) is 0.429. The zero-order valence-electron chi connectivity index (χ0n) is 15.2. The number of hydrogen-bond donors (Lipinski definition) is 2. The van der Waals surface area contributed by atoms with E-state index in [1.807, 2.05) is 19.1 Å². The van der Waals surface area contributed by atoms with Gasteiger partial charge in [0.25, 0.3) is 0 Å². The van der Waals surface area contributed by atoms with Gasteiger partial charge in [0, 0.05) is 5.92 Å². The Hall–Kier alpha value is -2.00. The minimum absolute atomic E-state index is 0.0731. The molecule has 0 amide bonds. The molecule has 3 heteroatoms. The molecule has 0 saturated carbocycles. The maximum atomic E-state index is 9.70. The van der Waals surface area contributed by atoms with Crippen LogP contribution in [0.15, 0.2) is 42.5 Å². The van der Waals surface area contributed by atoms with E-state index in [9.17, 15) is 5.11 Å². The molecule has 1 atom stereocenters. The number of aromatic hydroxyl groups is 1. The van der Waals surface area contributed by atoms with Gasteiger partial charge in [0.15, 0.2) is 0 Å². The van der Waals surface area contributed by atoms with Gasteiger partial charge in [-0.2, -0.15) is 0 Å². The highest BCUT2D eigenvalue weighted by Gasteiger charge is 2.21. The Morgan fingerprint density at radius 3 is 2.46 bits per heavy atom. The molecule has 0 bridgehead atoms. The molecule has 2 aromatic carbocycles. The minimum Gasteiger partial charge on any atom is -0.508 e. The van der Waals surface area contributed by atoms with E-state index < -0.39 is 0 Å². The molecule has 2 rings (SSSR count). The first kappa shape index (κ1) is 18.3. The van der Waals surface area contributed by atoms with Gasteiger partial charge < -0.3 is 15.6 Å². The maximum absolute atomic E-state index is 9.70. The standard InChI is InChI=1S/C21H29NO2/c1-5-24-20-10-9-17(21(2,3)4)13-19(20)16(14-22)11-15-7-6-8-18(23)12-15/h6-10,12-13,16,23H,5,11,14,22H2,1-4H3. The highest BCUT2D eigenvalue weighted by Crippen LogP contribution is 2.34. The lowest BCUT2D eigenvalue weighted by molar-refractivity contribution is 0.333. The van der Waals surface area contributed by atoms with Gasteiger partial charge in [-0.3, -0.25) is 0 Å². The van der Waals surface area contributed by atoms with E-state index in [1.54, 1.807) is 12.1 Å². The Balaban J connectivity index is 2.40. The van der Waals surface area contributed by atoms with Crippen molar-refractivity contribution >= 4 is 0 Å². The Bertz CT molecular complexity index is 674. The Labute approximate surface area is 145 Å². The lowest BCUT2D eigenvalue weighted by Crippen LogP contribution is -2.18. The third-order valence-electron chi connectivity index (χ3n) is 4.29. The Kier molecular flexibility index (Phi) is 5.89. The van der Waals surface area contributed by atoms with Crippen LogP contribution in [0.25, 0.3) is 0 Å². The van der Waals surface area contributed by atoms with Gasteiger partial charge in [0.2, 0.25) is 0 Å². The van der Waals surface area contributed by atoms with Crippen molar-refractivity contribution in [2.75, 3.05) is 13.2 Å². The molecule has 0 heterocycles. The van der Waals surface area contributed by atoms with Gasteiger partial charge in [-0.05, 0) is 60.2 Å². The van der Waals surface area contributed by atoms with Crippen LogP contribution < -0.4 is 10.5 Å². The molecule has 2 aromatic rings. The van der Waals surface area contributed by atoms with Crippen LogP contribution in [0.2, 0.25) is 0 Å². The highest BCUT2D eigenvalue weighted by molar-refractivity contribution is 5.43.